The van der Waals surface area contributed by atoms with Gasteiger partial charge in [-0.25, -0.2) is 4.98 Å². The Kier molecular flexibility index (Phi) is 5.96. The van der Waals surface area contributed by atoms with Gasteiger partial charge in [-0.3, -0.25) is 9.69 Å². The maximum absolute atomic E-state index is 13.2. The molecule has 1 saturated heterocycles. The van der Waals surface area contributed by atoms with E-state index in [0.29, 0.717) is 30.2 Å². The summed E-state index contributed by atoms with van der Waals surface area (Å²) in [5.74, 6) is 0.497. The number of pyridine rings is 1. The van der Waals surface area contributed by atoms with Gasteiger partial charge in [-0.05, 0) is 29.8 Å². The number of benzene rings is 2. The third-order valence-electron chi connectivity index (χ3n) is 5.70. The highest BCUT2D eigenvalue weighted by Crippen LogP contribution is 2.25. The molecule has 6 nitrogen and oxygen atoms in total. The van der Waals surface area contributed by atoms with Gasteiger partial charge in [-0.15, -0.1) is 0 Å². The number of ether oxygens (including phenoxy) is 1. The van der Waals surface area contributed by atoms with E-state index in [1.807, 2.05) is 42.5 Å². The molecular weight excluding hydrogens is 402 g/mol. The van der Waals surface area contributed by atoms with Crippen LogP contribution < -0.4 is 5.32 Å². The molecule has 162 valence electrons. The first-order valence-electron chi connectivity index (χ1n) is 10.9. The minimum atomic E-state index is -0.139. The standard InChI is InChI=1S/C26H25N3O3/c30-26(27-16-20-18-29(12-14-31-20)17-19-7-2-1-3-8-19)22-15-24(25-11-6-13-32-25)28-23-10-5-4-9-21(22)23/h1-11,13,15,20H,12,14,16-18H2,(H,27,30). The minimum Gasteiger partial charge on any atom is -0.463 e. The van der Waals surface area contributed by atoms with Crippen LogP contribution in [0.25, 0.3) is 22.4 Å². The van der Waals surface area contributed by atoms with Crippen molar-refractivity contribution in [1.29, 1.82) is 0 Å². The fourth-order valence-electron chi connectivity index (χ4n) is 4.10. The van der Waals surface area contributed by atoms with Crippen LogP contribution in [0.4, 0.5) is 0 Å². The predicted molar refractivity (Wildman–Crippen MR) is 123 cm³/mol. The molecule has 0 bridgehead atoms. The van der Waals surface area contributed by atoms with Crippen molar-refractivity contribution >= 4 is 16.8 Å². The summed E-state index contributed by atoms with van der Waals surface area (Å²) < 4.78 is 11.4. The van der Waals surface area contributed by atoms with Gasteiger partial charge in [-0.2, -0.15) is 0 Å². The van der Waals surface area contributed by atoms with Crippen LogP contribution in [0.1, 0.15) is 15.9 Å². The number of hydrogen-bond donors (Lipinski definition) is 1. The minimum absolute atomic E-state index is 0.0472. The van der Waals surface area contributed by atoms with Crippen molar-refractivity contribution in [2.75, 3.05) is 26.2 Å². The summed E-state index contributed by atoms with van der Waals surface area (Å²) >= 11 is 0. The maximum Gasteiger partial charge on any atom is 0.252 e. The van der Waals surface area contributed by atoms with E-state index in [1.54, 1.807) is 12.3 Å². The molecule has 6 heteroatoms. The quantitative estimate of drug-likeness (QED) is 0.501. The van der Waals surface area contributed by atoms with Crippen LogP contribution in [-0.2, 0) is 11.3 Å². The van der Waals surface area contributed by atoms with Crippen molar-refractivity contribution in [2.24, 2.45) is 0 Å². The molecule has 1 aliphatic heterocycles. The molecule has 0 saturated carbocycles. The average molecular weight is 428 g/mol. The van der Waals surface area contributed by atoms with Crippen LogP contribution >= 0.6 is 0 Å². The van der Waals surface area contributed by atoms with Gasteiger partial charge in [0.15, 0.2) is 5.76 Å². The third-order valence-corrected chi connectivity index (χ3v) is 5.70. The summed E-state index contributed by atoms with van der Waals surface area (Å²) in [5, 5.41) is 3.88. The van der Waals surface area contributed by atoms with Gasteiger partial charge in [0.2, 0.25) is 0 Å². The van der Waals surface area contributed by atoms with Crippen molar-refractivity contribution in [3.63, 3.8) is 0 Å². The molecule has 2 aromatic heterocycles. The number of furan rings is 1. The zero-order valence-corrected chi connectivity index (χ0v) is 17.7. The first kappa shape index (κ1) is 20.4. The van der Waals surface area contributed by atoms with Crippen LogP contribution in [0.15, 0.2) is 83.5 Å². The number of morpholine rings is 1. The number of amides is 1. The average Bonchev–Trinajstić information content (AvgIpc) is 3.38. The highest BCUT2D eigenvalue weighted by atomic mass is 16.5. The topological polar surface area (TPSA) is 67.6 Å². The highest BCUT2D eigenvalue weighted by molar-refractivity contribution is 6.07. The molecule has 32 heavy (non-hydrogen) atoms. The van der Waals surface area contributed by atoms with Gasteiger partial charge in [-0.1, -0.05) is 48.5 Å². The Morgan fingerprint density at radius 2 is 1.91 bits per heavy atom. The summed E-state index contributed by atoms with van der Waals surface area (Å²) in [7, 11) is 0. The number of carbonyl (C=O) groups is 1. The Morgan fingerprint density at radius 1 is 1.06 bits per heavy atom. The molecule has 0 aliphatic carbocycles. The van der Waals surface area contributed by atoms with Crippen molar-refractivity contribution in [3.8, 4) is 11.5 Å². The Balaban J connectivity index is 1.29. The number of fused-ring (bicyclic) bond motifs is 1. The number of carbonyl (C=O) groups excluding carboxylic acids is 1. The van der Waals surface area contributed by atoms with E-state index in [0.717, 1.165) is 30.5 Å². The zero-order chi connectivity index (χ0) is 21.8. The van der Waals surface area contributed by atoms with Crippen molar-refractivity contribution in [1.82, 2.24) is 15.2 Å². The fourth-order valence-corrected chi connectivity index (χ4v) is 4.10. The smallest absolute Gasteiger partial charge is 0.252 e. The maximum atomic E-state index is 13.2. The first-order valence-corrected chi connectivity index (χ1v) is 10.9. The van der Waals surface area contributed by atoms with E-state index in [2.05, 4.69) is 39.5 Å². The Morgan fingerprint density at radius 3 is 2.75 bits per heavy atom. The van der Waals surface area contributed by atoms with E-state index in [-0.39, 0.29) is 12.0 Å². The number of hydrogen-bond acceptors (Lipinski definition) is 5. The van der Waals surface area contributed by atoms with Crippen molar-refractivity contribution in [3.05, 3.63) is 90.2 Å². The van der Waals surface area contributed by atoms with Gasteiger partial charge in [0.25, 0.3) is 5.91 Å². The Bertz CT molecular complexity index is 1190. The second-order valence-electron chi connectivity index (χ2n) is 7.97. The summed E-state index contributed by atoms with van der Waals surface area (Å²) in [6.07, 6.45) is 1.56. The van der Waals surface area contributed by atoms with Gasteiger partial charge in [0.1, 0.15) is 5.69 Å². The molecule has 1 unspecified atom stereocenters. The molecule has 5 rings (SSSR count). The second kappa shape index (κ2) is 9.34. The lowest BCUT2D eigenvalue weighted by Gasteiger charge is -2.33. The van der Waals surface area contributed by atoms with E-state index < -0.39 is 0 Å². The fraction of sp³-hybridized carbons (Fsp3) is 0.231. The van der Waals surface area contributed by atoms with E-state index in [9.17, 15) is 4.79 Å². The number of nitrogens with zero attached hydrogens (tertiary/aromatic N) is 2. The molecule has 2 aromatic carbocycles. The van der Waals surface area contributed by atoms with E-state index >= 15 is 0 Å². The van der Waals surface area contributed by atoms with Gasteiger partial charge in [0.05, 0.1) is 30.1 Å². The first-order chi connectivity index (χ1) is 15.8. The summed E-state index contributed by atoms with van der Waals surface area (Å²) in [5.41, 5.74) is 3.26. The Labute approximate surface area is 186 Å². The van der Waals surface area contributed by atoms with Crippen LogP contribution in [0, 0.1) is 0 Å². The lowest BCUT2D eigenvalue weighted by Crippen LogP contribution is -2.47. The molecule has 0 spiro atoms. The third kappa shape index (κ3) is 4.56. The molecule has 1 N–H and O–H groups in total. The highest BCUT2D eigenvalue weighted by Gasteiger charge is 2.22. The zero-order valence-electron chi connectivity index (χ0n) is 17.7. The molecule has 1 amide bonds. The number of aromatic nitrogens is 1. The molecule has 0 radical (unpaired) electrons. The molecule has 1 aliphatic rings. The summed E-state index contributed by atoms with van der Waals surface area (Å²) in [4.78, 5) is 20.2. The monoisotopic (exact) mass is 427 g/mol. The lowest BCUT2D eigenvalue weighted by molar-refractivity contribution is -0.0292. The van der Waals surface area contributed by atoms with Gasteiger partial charge in [0, 0.05) is 31.6 Å². The predicted octanol–water partition coefficient (Wildman–Crippen LogP) is 4.13. The van der Waals surface area contributed by atoms with Crippen LogP contribution in [0.5, 0.6) is 0 Å². The van der Waals surface area contributed by atoms with Crippen LogP contribution in [-0.4, -0.2) is 48.1 Å². The van der Waals surface area contributed by atoms with E-state index in [1.165, 1.54) is 5.56 Å². The van der Waals surface area contributed by atoms with Crippen molar-refractivity contribution in [2.45, 2.75) is 12.6 Å². The number of nitrogens with one attached hydrogen (secondary N) is 1. The van der Waals surface area contributed by atoms with Crippen LogP contribution in [0.3, 0.4) is 0 Å². The lowest BCUT2D eigenvalue weighted by atomic mass is 10.1. The molecule has 1 atom stereocenters. The summed E-state index contributed by atoms with van der Waals surface area (Å²) in [6.45, 7) is 3.67. The summed E-state index contributed by atoms with van der Waals surface area (Å²) in [6, 6.07) is 23.5. The SMILES string of the molecule is O=C(NCC1CN(Cc2ccccc2)CCO1)c1cc(-c2ccco2)nc2ccccc12. The molecule has 3 heterocycles. The largest absolute Gasteiger partial charge is 0.463 e. The Hall–Kier alpha value is -3.48. The number of para-hydroxylation sites is 1. The normalized spacial score (nSPS) is 16.8. The molecule has 4 aromatic rings. The second-order valence-corrected chi connectivity index (χ2v) is 7.97. The van der Waals surface area contributed by atoms with Gasteiger partial charge >= 0.3 is 0 Å². The molecular formula is C26H25N3O3. The van der Waals surface area contributed by atoms with Crippen molar-refractivity contribution < 1.29 is 13.9 Å². The molecule has 1 fully saturated rings. The van der Waals surface area contributed by atoms with E-state index in [4.69, 9.17) is 9.15 Å². The number of rotatable bonds is 6. The van der Waals surface area contributed by atoms with Gasteiger partial charge < -0.3 is 14.5 Å². The van der Waals surface area contributed by atoms with Crippen LogP contribution in [0.2, 0.25) is 0 Å².